The van der Waals surface area contributed by atoms with Crippen LogP contribution >= 0.6 is 0 Å². The van der Waals surface area contributed by atoms with E-state index in [4.69, 9.17) is 9.47 Å². The summed E-state index contributed by atoms with van der Waals surface area (Å²) in [6.07, 6.45) is 0.632. The Morgan fingerprint density at radius 2 is 2.06 bits per heavy atom. The first-order valence-corrected chi connectivity index (χ1v) is 6.31. The van der Waals surface area contributed by atoms with Crippen LogP contribution in [0.4, 0.5) is 4.39 Å². The Kier molecular flexibility index (Phi) is 7.57. The molecule has 0 bridgehead atoms. The molecule has 1 aromatic carbocycles. The van der Waals surface area contributed by atoms with E-state index in [9.17, 15) is 4.39 Å². The number of hydrogen-bond acceptors (Lipinski definition) is 3. The molecule has 0 aliphatic carbocycles. The van der Waals surface area contributed by atoms with Crippen LogP contribution in [0, 0.1) is 5.82 Å². The normalized spacial score (nSPS) is 12.6. The van der Waals surface area contributed by atoms with Gasteiger partial charge in [-0.05, 0) is 24.6 Å². The summed E-state index contributed by atoms with van der Waals surface area (Å²) in [5, 5.41) is 3.30. The number of halogens is 1. The third-order valence-corrected chi connectivity index (χ3v) is 2.67. The Morgan fingerprint density at radius 1 is 1.28 bits per heavy atom. The molecule has 3 nitrogen and oxygen atoms in total. The number of methoxy groups -OCH3 is 1. The molecule has 0 radical (unpaired) electrons. The highest BCUT2D eigenvalue weighted by atomic mass is 19.1. The average Bonchev–Trinajstić information content (AvgIpc) is 2.37. The fourth-order valence-electron chi connectivity index (χ4n) is 1.78. The zero-order chi connectivity index (χ0) is 13.2. The van der Waals surface area contributed by atoms with E-state index in [1.807, 2.05) is 19.1 Å². The van der Waals surface area contributed by atoms with Gasteiger partial charge in [-0.1, -0.05) is 25.1 Å². The van der Waals surface area contributed by atoms with Gasteiger partial charge < -0.3 is 14.8 Å². The second-order valence-electron chi connectivity index (χ2n) is 4.12. The maximum Gasteiger partial charge on any atom is 0.126 e. The lowest BCUT2D eigenvalue weighted by Gasteiger charge is -2.18. The van der Waals surface area contributed by atoms with Crippen molar-refractivity contribution in [2.75, 3.05) is 33.5 Å². The summed E-state index contributed by atoms with van der Waals surface area (Å²) in [6, 6.07) is 6.99. The van der Waals surface area contributed by atoms with Crippen LogP contribution in [0.1, 0.15) is 12.5 Å². The van der Waals surface area contributed by atoms with Gasteiger partial charge in [0.2, 0.25) is 0 Å². The molecule has 0 fully saturated rings. The van der Waals surface area contributed by atoms with Gasteiger partial charge in [-0.25, -0.2) is 4.39 Å². The highest BCUT2D eigenvalue weighted by molar-refractivity contribution is 5.18. The summed E-state index contributed by atoms with van der Waals surface area (Å²) in [5.74, 6) is -0.155. The van der Waals surface area contributed by atoms with Crippen molar-refractivity contribution in [2.24, 2.45) is 0 Å². The maximum atomic E-state index is 13.5. The van der Waals surface area contributed by atoms with Crippen LogP contribution in [0.3, 0.4) is 0 Å². The molecule has 1 N–H and O–H groups in total. The molecule has 0 amide bonds. The lowest BCUT2D eigenvalue weighted by Crippen LogP contribution is -2.36. The molecule has 1 atom stereocenters. The van der Waals surface area contributed by atoms with Crippen molar-refractivity contribution in [1.82, 2.24) is 5.32 Å². The molecule has 0 spiro atoms. The predicted molar refractivity (Wildman–Crippen MR) is 70.3 cm³/mol. The smallest absolute Gasteiger partial charge is 0.126 e. The molecular weight excluding hydrogens is 233 g/mol. The molecule has 1 aromatic rings. The fraction of sp³-hybridized carbons (Fsp3) is 0.571. The molecule has 1 unspecified atom stereocenters. The van der Waals surface area contributed by atoms with Gasteiger partial charge in [0.25, 0.3) is 0 Å². The molecule has 0 saturated heterocycles. The summed E-state index contributed by atoms with van der Waals surface area (Å²) in [5.41, 5.74) is 0.721. The van der Waals surface area contributed by atoms with E-state index in [2.05, 4.69) is 5.32 Å². The molecule has 0 aliphatic rings. The average molecular weight is 255 g/mol. The van der Waals surface area contributed by atoms with Gasteiger partial charge in [-0.3, -0.25) is 0 Å². The van der Waals surface area contributed by atoms with Gasteiger partial charge in [0.1, 0.15) is 5.82 Å². The number of benzene rings is 1. The second-order valence-corrected chi connectivity index (χ2v) is 4.12. The zero-order valence-corrected chi connectivity index (χ0v) is 11.1. The Bertz CT molecular complexity index is 333. The standard InChI is InChI=1S/C14H22FNO2/c1-3-16-13(11-18-9-8-17-2)10-12-6-4-5-7-14(12)15/h4-7,13,16H,3,8-11H2,1-2H3. The van der Waals surface area contributed by atoms with Gasteiger partial charge in [-0.2, -0.15) is 0 Å². The third-order valence-electron chi connectivity index (χ3n) is 2.67. The molecule has 1 rings (SSSR count). The van der Waals surface area contributed by atoms with E-state index in [1.165, 1.54) is 6.07 Å². The minimum Gasteiger partial charge on any atom is -0.382 e. The molecule has 4 heteroatoms. The SMILES string of the molecule is CCNC(COCCOC)Cc1ccccc1F. The number of nitrogens with one attached hydrogen (secondary N) is 1. The number of ether oxygens (including phenoxy) is 2. The van der Waals surface area contributed by atoms with Crippen molar-refractivity contribution in [3.05, 3.63) is 35.6 Å². The van der Waals surface area contributed by atoms with Gasteiger partial charge in [0, 0.05) is 13.2 Å². The summed E-state index contributed by atoms with van der Waals surface area (Å²) in [6.45, 7) is 4.58. The van der Waals surface area contributed by atoms with Crippen molar-refractivity contribution in [2.45, 2.75) is 19.4 Å². The van der Waals surface area contributed by atoms with Crippen LogP contribution in [0.2, 0.25) is 0 Å². The van der Waals surface area contributed by atoms with E-state index in [0.29, 0.717) is 26.2 Å². The Balaban J connectivity index is 2.44. The van der Waals surface area contributed by atoms with E-state index >= 15 is 0 Å². The van der Waals surface area contributed by atoms with Crippen LogP contribution in [0.25, 0.3) is 0 Å². The minimum absolute atomic E-state index is 0.128. The summed E-state index contributed by atoms with van der Waals surface area (Å²) >= 11 is 0. The molecule has 102 valence electrons. The highest BCUT2D eigenvalue weighted by Crippen LogP contribution is 2.09. The van der Waals surface area contributed by atoms with Gasteiger partial charge >= 0.3 is 0 Å². The van der Waals surface area contributed by atoms with Gasteiger partial charge in [-0.15, -0.1) is 0 Å². The molecule has 0 aromatic heterocycles. The van der Waals surface area contributed by atoms with E-state index < -0.39 is 0 Å². The molecular formula is C14H22FNO2. The van der Waals surface area contributed by atoms with Crippen LogP contribution in [-0.4, -0.2) is 39.5 Å². The largest absolute Gasteiger partial charge is 0.382 e. The maximum absolute atomic E-state index is 13.5. The van der Waals surface area contributed by atoms with Crippen molar-refractivity contribution < 1.29 is 13.9 Å². The van der Waals surface area contributed by atoms with E-state index in [1.54, 1.807) is 13.2 Å². The van der Waals surface area contributed by atoms with Gasteiger partial charge in [0.05, 0.1) is 19.8 Å². The fourth-order valence-corrected chi connectivity index (χ4v) is 1.78. The Labute approximate surface area is 108 Å². The lowest BCUT2D eigenvalue weighted by atomic mass is 10.1. The monoisotopic (exact) mass is 255 g/mol. The number of rotatable bonds is 9. The number of likely N-dealkylation sites (N-methyl/N-ethyl adjacent to an activating group) is 1. The zero-order valence-electron chi connectivity index (χ0n) is 11.1. The summed E-state index contributed by atoms with van der Waals surface area (Å²) in [7, 11) is 1.64. The van der Waals surface area contributed by atoms with Gasteiger partial charge in [0.15, 0.2) is 0 Å². The van der Waals surface area contributed by atoms with Crippen molar-refractivity contribution in [3.8, 4) is 0 Å². The van der Waals surface area contributed by atoms with Crippen molar-refractivity contribution in [1.29, 1.82) is 0 Å². The number of hydrogen-bond donors (Lipinski definition) is 1. The summed E-state index contributed by atoms with van der Waals surface area (Å²) in [4.78, 5) is 0. The third kappa shape index (κ3) is 5.58. The highest BCUT2D eigenvalue weighted by Gasteiger charge is 2.11. The molecule has 0 saturated carbocycles. The Hall–Kier alpha value is -0.970. The van der Waals surface area contributed by atoms with Crippen LogP contribution in [0.5, 0.6) is 0 Å². The van der Waals surface area contributed by atoms with E-state index in [-0.39, 0.29) is 11.9 Å². The van der Waals surface area contributed by atoms with Crippen molar-refractivity contribution >= 4 is 0 Å². The van der Waals surface area contributed by atoms with Crippen LogP contribution in [0.15, 0.2) is 24.3 Å². The molecule has 18 heavy (non-hydrogen) atoms. The first-order chi connectivity index (χ1) is 8.77. The summed E-state index contributed by atoms with van der Waals surface area (Å²) < 4.78 is 24.0. The van der Waals surface area contributed by atoms with Crippen LogP contribution in [-0.2, 0) is 15.9 Å². The first kappa shape index (κ1) is 15.1. The molecule has 0 aliphatic heterocycles. The quantitative estimate of drug-likeness (QED) is 0.685. The van der Waals surface area contributed by atoms with Crippen molar-refractivity contribution in [3.63, 3.8) is 0 Å². The molecule has 0 heterocycles. The minimum atomic E-state index is -0.155. The predicted octanol–water partition coefficient (Wildman–Crippen LogP) is 2.01. The van der Waals surface area contributed by atoms with Crippen LogP contribution < -0.4 is 5.32 Å². The first-order valence-electron chi connectivity index (χ1n) is 6.31. The van der Waals surface area contributed by atoms with E-state index in [0.717, 1.165) is 12.1 Å². The second kappa shape index (κ2) is 9.03. The lowest BCUT2D eigenvalue weighted by molar-refractivity contribution is 0.0588. The topological polar surface area (TPSA) is 30.5 Å². The Morgan fingerprint density at radius 3 is 2.72 bits per heavy atom.